The first-order valence-corrected chi connectivity index (χ1v) is 4.19. The molecule has 56 valence electrons. The summed E-state index contributed by atoms with van der Waals surface area (Å²) in [6.07, 6.45) is -1.21. The standard InChI is InChI=1S/C4H9F2O2P/c1-4(2)8-3-9(5,6)7/h4H,3H2,1-2H3. The van der Waals surface area contributed by atoms with Gasteiger partial charge in [0.1, 0.15) is 0 Å². The molecule has 0 unspecified atom stereocenters. The fourth-order valence-electron chi connectivity index (χ4n) is 0.236. The highest BCUT2D eigenvalue weighted by Crippen LogP contribution is 2.48. The molecule has 0 aromatic heterocycles. The summed E-state index contributed by atoms with van der Waals surface area (Å²) in [4.78, 5) is 0. The van der Waals surface area contributed by atoms with Gasteiger partial charge in [0, 0.05) is 0 Å². The highest BCUT2D eigenvalue weighted by molar-refractivity contribution is 7.52. The molecule has 0 fully saturated rings. The molecular formula is C4H9F2O2P. The van der Waals surface area contributed by atoms with Gasteiger partial charge in [-0.3, -0.25) is 0 Å². The molecule has 0 aliphatic carbocycles. The lowest BCUT2D eigenvalue weighted by atomic mass is 10.5. The van der Waals surface area contributed by atoms with Gasteiger partial charge in [-0.25, -0.2) is 4.57 Å². The van der Waals surface area contributed by atoms with Crippen molar-refractivity contribution in [1.82, 2.24) is 0 Å². The largest absolute Gasteiger partial charge is 0.427 e. The van der Waals surface area contributed by atoms with Gasteiger partial charge in [0.25, 0.3) is 0 Å². The van der Waals surface area contributed by atoms with Crippen LogP contribution in [0, 0.1) is 0 Å². The second kappa shape index (κ2) is 3.28. The molecule has 0 aromatic carbocycles. The van der Waals surface area contributed by atoms with Crippen LogP contribution in [-0.4, -0.2) is 12.5 Å². The average molecular weight is 158 g/mol. The van der Waals surface area contributed by atoms with Crippen molar-refractivity contribution in [1.29, 1.82) is 0 Å². The predicted octanol–water partition coefficient (Wildman–Crippen LogP) is 2.50. The van der Waals surface area contributed by atoms with E-state index in [0.717, 1.165) is 0 Å². The Morgan fingerprint density at radius 1 is 1.56 bits per heavy atom. The summed E-state index contributed by atoms with van der Waals surface area (Å²) in [5.41, 5.74) is 0. The maximum absolute atomic E-state index is 11.5. The molecule has 0 amide bonds. The van der Waals surface area contributed by atoms with Crippen LogP contribution in [-0.2, 0) is 9.30 Å². The smallest absolute Gasteiger partial charge is 0.366 e. The van der Waals surface area contributed by atoms with Crippen LogP contribution in [0.1, 0.15) is 13.8 Å². The van der Waals surface area contributed by atoms with Crippen molar-refractivity contribution in [3.05, 3.63) is 0 Å². The summed E-state index contributed by atoms with van der Waals surface area (Å²) >= 11 is 0. The zero-order valence-corrected chi connectivity index (χ0v) is 6.20. The van der Waals surface area contributed by atoms with E-state index in [1.165, 1.54) is 0 Å². The highest BCUT2D eigenvalue weighted by Gasteiger charge is 2.19. The number of hydrogen-bond acceptors (Lipinski definition) is 2. The van der Waals surface area contributed by atoms with Crippen molar-refractivity contribution in [3.63, 3.8) is 0 Å². The monoisotopic (exact) mass is 158 g/mol. The summed E-state index contributed by atoms with van der Waals surface area (Å²) in [6, 6.07) is 0. The molecule has 0 heterocycles. The van der Waals surface area contributed by atoms with Crippen LogP contribution in [0.5, 0.6) is 0 Å². The van der Waals surface area contributed by atoms with Crippen molar-refractivity contribution >= 4 is 7.76 Å². The van der Waals surface area contributed by atoms with Crippen molar-refractivity contribution in [2.24, 2.45) is 0 Å². The van der Waals surface area contributed by atoms with Crippen LogP contribution in [0.25, 0.3) is 0 Å². The summed E-state index contributed by atoms with van der Waals surface area (Å²) in [6.45, 7) is 3.21. The molecule has 0 atom stereocenters. The van der Waals surface area contributed by atoms with E-state index < -0.39 is 14.1 Å². The molecule has 0 spiro atoms. The Morgan fingerprint density at radius 2 is 2.00 bits per heavy atom. The summed E-state index contributed by atoms with van der Waals surface area (Å²) in [5, 5.41) is 0. The minimum absolute atomic E-state index is 0.287. The topological polar surface area (TPSA) is 26.3 Å². The van der Waals surface area contributed by atoms with Crippen LogP contribution in [0.4, 0.5) is 8.39 Å². The van der Waals surface area contributed by atoms with Crippen molar-refractivity contribution in [2.75, 3.05) is 6.35 Å². The van der Waals surface area contributed by atoms with E-state index in [9.17, 15) is 13.0 Å². The van der Waals surface area contributed by atoms with Gasteiger partial charge in [-0.2, -0.15) is 8.39 Å². The molecule has 0 saturated heterocycles. The van der Waals surface area contributed by atoms with E-state index in [-0.39, 0.29) is 6.10 Å². The van der Waals surface area contributed by atoms with Gasteiger partial charge in [-0.15, -0.1) is 0 Å². The lowest BCUT2D eigenvalue weighted by Crippen LogP contribution is -2.01. The Morgan fingerprint density at radius 3 is 2.11 bits per heavy atom. The first kappa shape index (κ1) is 9.05. The van der Waals surface area contributed by atoms with Crippen LogP contribution < -0.4 is 0 Å². The zero-order valence-electron chi connectivity index (χ0n) is 5.30. The molecule has 0 radical (unpaired) electrons. The molecule has 0 saturated carbocycles. The second-order valence-electron chi connectivity index (χ2n) is 1.91. The van der Waals surface area contributed by atoms with Gasteiger partial charge in [0.2, 0.25) is 0 Å². The first-order chi connectivity index (χ1) is 3.92. The molecule has 5 heteroatoms. The third-order valence-corrected chi connectivity index (χ3v) is 1.01. The lowest BCUT2D eigenvalue weighted by molar-refractivity contribution is 0.108. The number of halogens is 2. The van der Waals surface area contributed by atoms with E-state index in [4.69, 9.17) is 0 Å². The van der Waals surface area contributed by atoms with Gasteiger partial charge in [-0.1, -0.05) is 0 Å². The third-order valence-electron chi connectivity index (χ3n) is 0.558. The van der Waals surface area contributed by atoms with Gasteiger partial charge in [-0.05, 0) is 13.8 Å². The second-order valence-corrected chi connectivity index (χ2v) is 3.31. The maximum atomic E-state index is 11.5. The van der Waals surface area contributed by atoms with Crippen molar-refractivity contribution < 1.29 is 17.7 Å². The van der Waals surface area contributed by atoms with Crippen LogP contribution >= 0.6 is 7.76 Å². The van der Waals surface area contributed by atoms with E-state index >= 15 is 0 Å². The quantitative estimate of drug-likeness (QED) is 0.590. The van der Waals surface area contributed by atoms with Gasteiger partial charge in [0.15, 0.2) is 6.35 Å². The van der Waals surface area contributed by atoms with Crippen LogP contribution in [0.15, 0.2) is 0 Å². The Bertz CT molecular complexity index is 120. The molecule has 9 heavy (non-hydrogen) atoms. The molecule has 0 bridgehead atoms. The van der Waals surface area contributed by atoms with Crippen molar-refractivity contribution in [2.45, 2.75) is 20.0 Å². The normalized spacial score (nSPS) is 12.6. The van der Waals surface area contributed by atoms with Gasteiger partial charge in [0.05, 0.1) is 6.10 Å². The van der Waals surface area contributed by atoms with Crippen LogP contribution in [0.3, 0.4) is 0 Å². The van der Waals surface area contributed by atoms with E-state index in [0.29, 0.717) is 0 Å². The third kappa shape index (κ3) is 8.05. The number of ether oxygens (including phenoxy) is 1. The number of rotatable bonds is 3. The number of hydrogen-bond donors (Lipinski definition) is 0. The average Bonchev–Trinajstić information content (AvgIpc) is 1.59. The summed E-state index contributed by atoms with van der Waals surface area (Å²) in [7, 11) is -4.94. The van der Waals surface area contributed by atoms with E-state index in [1.807, 2.05) is 0 Å². The Hall–Kier alpha value is 0.0500. The maximum Gasteiger partial charge on any atom is 0.427 e. The molecule has 0 aliphatic heterocycles. The summed E-state index contributed by atoms with van der Waals surface area (Å²) < 4.78 is 37.1. The zero-order chi connectivity index (χ0) is 7.49. The predicted molar refractivity (Wildman–Crippen MR) is 30.9 cm³/mol. The van der Waals surface area contributed by atoms with Crippen molar-refractivity contribution in [3.8, 4) is 0 Å². The fraction of sp³-hybridized carbons (Fsp3) is 1.00. The first-order valence-electron chi connectivity index (χ1n) is 2.52. The van der Waals surface area contributed by atoms with Gasteiger partial charge >= 0.3 is 7.76 Å². The van der Waals surface area contributed by atoms with Gasteiger partial charge < -0.3 is 4.74 Å². The minimum atomic E-state index is -4.94. The Labute approximate surface area is 52.8 Å². The molecular weight excluding hydrogens is 149 g/mol. The fourth-order valence-corrected chi connectivity index (χ4v) is 0.708. The Kier molecular flexibility index (Phi) is 3.30. The van der Waals surface area contributed by atoms with E-state index in [2.05, 4.69) is 4.74 Å². The molecule has 2 nitrogen and oxygen atoms in total. The van der Waals surface area contributed by atoms with Crippen LogP contribution in [0.2, 0.25) is 0 Å². The SMILES string of the molecule is CC(C)OCP(=O)(F)F. The molecule has 0 N–H and O–H groups in total. The molecule has 0 rings (SSSR count). The molecule has 0 aliphatic rings. The molecule has 0 aromatic rings. The Balaban J connectivity index is 3.40. The van der Waals surface area contributed by atoms with E-state index in [1.54, 1.807) is 13.8 Å². The highest BCUT2D eigenvalue weighted by atomic mass is 31.2. The summed E-state index contributed by atoms with van der Waals surface area (Å²) in [5.74, 6) is 0. The lowest BCUT2D eigenvalue weighted by Gasteiger charge is -2.04. The minimum Gasteiger partial charge on any atom is -0.366 e.